The van der Waals surface area contributed by atoms with Gasteiger partial charge < -0.3 is 9.47 Å². The van der Waals surface area contributed by atoms with Crippen molar-refractivity contribution in [2.24, 2.45) is 0 Å². The van der Waals surface area contributed by atoms with E-state index >= 15 is 0 Å². The van der Waals surface area contributed by atoms with E-state index < -0.39 is 0 Å². The Kier molecular flexibility index (Phi) is 2.44. The summed E-state index contributed by atoms with van der Waals surface area (Å²) in [6, 6.07) is 6.09. The SMILES string of the molecule is COc1ccc2c(c1)C1(CC2)CC(=O)CCO1. The van der Waals surface area contributed by atoms with Gasteiger partial charge in [0.15, 0.2) is 0 Å². The zero-order chi connectivity index (χ0) is 11.9. The predicted molar refractivity (Wildman–Crippen MR) is 63.2 cm³/mol. The lowest BCUT2D eigenvalue weighted by atomic mass is 9.87. The van der Waals surface area contributed by atoms with Crippen LogP contribution < -0.4 is 4.74 Å². The van der Waals surface area contributed by atoms with Gasteiger partial charge in [0.2, 0.25) is 0 Å². The van der Waals surface area contributed by atoms with E-state index in [0.717, 1.165) is 24.2 Å². The molecular formula is C14H16O3. The lowest BCUT2D eigenvalue weighted by molar-refractivity contribution is -0.141. The van der Waals surface area contributed by atoms with E-state index in [9.17, 15) is 4.79 Å². The minimum absolute atomic E-state index is 0.312. The topological polar surface area (TPSA) is 35.5 Å². The molecule has 1 aromatic rings. The lowest BCUT2D eigenvalue weighted by Gasteiger charge is -2.34. The van der Waals surface area contributed by atoms with Gasteiger partial charge in [-0.25, -0.2) is 0 Å². The highest BCUT2D eigenvalue weighted by atomic mass is 16.5. The van der Waals surface area contributed by atoms with Gasteiger partial charge in [-0.2, -0.15) is 0 Å². The first-order chi connectivity index (χ1) is 8.23. The number of Topliss-reactive ketones (excluding diaryl/α,β-unsaturated/α-hetero) is 1. The van der Waals surface area contributed by atoms with Crippen LogP contribution in [0.2, 0.25) is 0 Å². The molecule has 1 atom stereocenters. The van der Waals surface area contributed by atoms with E-state index in [2.05, 4.69) is 6.07 Å². The molecule has 1 aliphatic carbocycles. The molecule has 1 spiro atoms. The van der Waals surface area contributed by atoms with Crippen molar-refractivity contribution in [2.75, 3.05) is 13.7 Å². The molecule has 1 saturated heterocycles. The first kappa shape index (κ1) is 10.8. The molecule has 1 aromatic carbocycles. The second-order valence-corrected chi connectivity index (χ2v) is 4.83. The molecule has 0 aromatic heterocycles. The lowest BCUT2D eigenvalue weighted by Crippen LogP contribution is -2.35. The number of aryl methyl sites for hydroxylation is 1. The van der Waals surface area contributed by atoms with Gasteiger partial charge >= 0.3 is 0 Å². The number of ketones is 1. The van der Waals surface area contributed by atoms with Crippen molar-refractivity contribution in [3.63, 3.8) is 0 Å². The maximum atomic E-state index is 11.7. The van der Waals surface area contributed by atoms with Gasteiger partial charge in [0.1, 0.15) is 17.1 Å². The molecule has 1 fully saturated rings. The normalized spacial score (nSPS) is 27.2. The summed E-state index contributed by atoms with van der Waals surface area (Å²) in [7, 11) is 1.66. The largest absolute Gasteiger partial charge is 0.497 e. The van der Waals surface area contributed by atoms with Crippen LogP contribution >= 0.6 is 0 Å². The number of carbonyl (C=O) groups excluding carboxylic acids is 1. The first-order valence-electron chi connectivity index (χ1n) is 6.07. The molecular weight excluding hydrogens is 216 g/mol. The summed E-state index contributed by atoms with van der Waals surface area (Å²) in [4.78, 5) is 11.7. The van der Waals surface area contributed by atoms with Crippen LogP contribution in [0.15, 0.2) is 18.2 Å². The maximum Gasteiger partial charge on any atom is 0.138 e. The third-order valence-corrected chi connectivity index (χ3v) is 3.85. The van der Waals surface area contributed by atoms with Crippen LogP contribution in [0.5, 0.6) is 5.75 Å². The molecule has 1 unspecified atom stereocenters. The summed E-state index contributed by atoms with van der Waals surface area (Å²) in [5, 5.41) is 0. The fourth-order valence-corrected chi connectivity index (χ4v) is 2.95. The van der Waals surface area contributed by atoms with Gasteiger partial charge in [-0.15, -0.1) is 0 Å². The maximum absolute atomic E-state index is 11.7. The number of fused-ring (bicyclic) bond motifs is 2. The zero-order valence-corrected chi connectivity index (χ0v) is 9.99. The molecule has 90 valence electrons. The van der Waals surface area contributed by atoms with Crippen molar-refractivity contribution in [3.8, 4) is 5.75 Å². The fraction of sp³-hybridized carbons (Fsp3) is 0.500. The Hall–Kier alpha value is -1.35. The molecule has 0 bridgehead atoms. The summed E-state index contributed by atoms with van der Waals surface area (Å²) >= 11 is 0. The Morgan fingerprint density at radius 3 is 3.00 bits per heavy atom. The Labute approximate surface area is 101 Å². The smallest absolute Gasteiger partial charge is 0.138 e. The Balaban J connectivity index is 2.03. The summed E-state index contributed by atoms with van der Waals surface area (Å²) in [5.41, 5.74) is 2.09. The second kappa shape index (κ2) is 3.84. The predicted octanol–water partition coefficient (Wildman–Crippen LogP) is 2.22. The molecule has 0 N–H and O–H groups in total. The monoisotopic (exact) mass is 232 g/mol. The van der Waals surface area contributed by atoms with Gasteiger partial charge in [-0.05, 0) is 36.1 Å². The van der Waals surface area contributed by atoms with Crippen molar-refractivity contribution in [1.29, 1.82) is 0 Å². The van der Waals surface area contributed by atoms with Crippen LogP contribution in [-0.2, 0) is 21.6 Å². The Morgan fingerprint density at radius 2 is 2.24 bits per heavy atom. The van der Waals surface area contributed by atoms with Crippen LogP contribution in [0.3, 0.4) is 0 Å². The molecule has 3 heteroatoms. The van der Waals surface area contributed by atoms with Crippen LogP contribution in [0.1, 0.15) is 30.4 Å². The molecule has 3 rings (SSSR count). The van der Waals surface area contributed by atoms with Crippen LogP contribution in [-0.4, -0.2) is 19.5 Å². The highest BCUT2D eigenvalue weighted by Crippen LogP contribution is 2.45. The van der Waals surface area contributed by atoms with Crippen LogP contribution in [0.25, 0.3) is 0 Å². The molecule has 0 amide bonds. The number of benzene rings is 1. The molecule has 17 heavy (non-hydrogen) atoms. The van der Waals surface area contributed by atoms with E-state index in [0.29, 0.717) is 25.2 Å². The number of ether oxygens (including phenoxy) is 2. The average molecular weight is 232 g/mol. The highest BCUT2D eigenvalue weighted by molar-refractivity contribution is 5.81. The Morgan fingerprint density at radius 1 is 1.35 bits per heavy atom. The fourth-order valence-electron chi connectivity index (χ4n) is 2.95. The van der Waals surface area contributed by atoms with Crippen molar-refractivity contribution >= 4 is 5.78 Å². The van der Waals surface area contributed by atoms with Gasteiger partial charge in [0.05, 0.1) is 13.7 Å². The van der Waals surface area contributed by atoms with E-state index in [-0.39, 0.29) is 5.60 Å². The average Bonchev–Trinajstić information content (AvgIpc) is 2.68. The van der Waals surface area contributed by atoms with Gasteiger partial charge in [-0.1, -0.05) is 6.07 Å². The van der Waals surface area contributed by atoms with E-state index in [1.807, 2.05) is 12.1 Å². The first-order valence-corrected chi connectivity index (χ1v) is 6.07. The summed E-state index contributed by atoms with van der Waals surface area (Å²) in [5.74, 6) is 1.15. The minimum atomic E-state index is -0.362. The van der Waals surface area contributed by atoms with Crippen LogP contribution in [0, 0.1) is 0 Å². The van der Waals surface area contributed by atoms with Gasteiger partial charge in [0.25, 0.3) is 0 Å². The van der Waals surface area contributed by atoms with Crippen molar-refractivity contribution in [1.82, 2.24) is 0 Å². The zero-order valence-electron chi connectivity index (χ0n) is 9.99. The standard InChI is InChI=1S/C14H16O3/c1-16-12-3-2-10-4-6-14(13(10)8-12)9-11(15)5-7-17-14/h2-3,8H,4-7,9H2,1H3. The Bertz CT molecular complexity index is 463. The second-order valence-electron chi connectivity index (χ2n) is 4.83. The van der Waals surface area contributed by atoms with Gasteiger partial charge in [0, 0.05) is 12.8 Å². The van der Waals surface area contributed by atoms with Crippen molar-refractivity contribution in [3.05, 3.63) is 29.3 Å². The number of carbonyl (C=O) groups is 1. The molecule has 0 saturated carbocycles. The van der Waals surface area contributed by atoms with Gasteiger partial charge in [-0.3, -0.25) is 4.79 Å². The highest BCUT2D eigenvalue weighted by Gasteiger charge is 2.43. The summed E-state index contributed by atoms with van der Waals surface area (Å²) < 4.78 is 11.2. The molecule has 0 radical (unpaired) electrons. The number of hydrogen-bond acceptors (Lipinski definition) is 3. The van der Waals surface area contributed by atoms with E-state index in [4.69, 9.17) is 9.47 Å². The number of rotatable bonds is 1. The molecule has 3 nitrogen and oxygen atoms in total. The van der Waals surface area contributed by atoms with E-state index in [1.165, 1.54) is 5.56 Å². The molecule has 1 aliphatic heterocycles. The van der Waals surface area contributed by atoms with Crippen LogP contribution in [0.4, 0.5) is 0 Å². The summed E-state index contributed by atoms with van der Waals surface area (Å²) in [6.45, 7) is 0.551. The third-order valence-electron chi connectivity index (χ3n) is 3.85. The van der Waals surface area contributed by atoms with Crippen molar-refractivity contribution in [2.45, 2.75) is 31.3 Å². The van der Waals surface area contributed by atoms with E-state index in [1.54, 1.807) is 7.11 Å². The van der Waals surface area contributed by atoms with Crippen molar-refractivity contribution < 1.29 is 14.3 Å². The quantitative estimate of drug-likeness (QED) is 0.744. The number of methoxy groups -OCH3 is 1. The minimum Gasteiger partial charge on any atom is -0.497 e. The third kappa shape index (κ3) is 1.65. The molecule has 2 aliphatic rings. The summed E-state index contributed by atoms with van der Waals surface area (Å²) in [6.07, 6.45) is 2.99. The molecule has 1 heterocycles. The number of hydrogen-bond donors (Lipinski definition) is 0.